The first-order valence-electron chi connectivity index (χ1n) is 8.19. The lowest BCUT2D eigenvalue weighted by molar-refractivity contribution is -0.115. The highest BCUT2D eigenvalue weighted by molar-refractivity contribution is 8.26. The van der Waals surface area contributed by atoms with Gasteiger partial charge in [-0.1, -0.05) is 73.7 Å². The van der Waals surface area contributed by atoms with Gasteiger partial charge in [-0.25, -0.2) is 0 Å². The van der Waals surface area contributed by atoms with Gasteiger partial charge >= 0.3 is 0 Å². The highest BCUT2D eigenvalue weighted by Crippen LogP contribution is 2.26. The number of nitrogens with one attached hydrogen (secondary N) is 1. The van der Waals surface area contributed by atoms with Crippen molar-refractivity contribution in [3.8, 4) is 5.75 Å². The second-order valence-corrected chi connectivity index (χ2v) is 7.50. The van der Waals surface area contributed by atoms with Crippen molar-refractivity contribution >= 4 is 40.3 Å². The molecule has 0 radical (unpaired) electrons. The van der Waals surface area contributed by atoms with Crippen LogP contribution in [0.5, 0.6) is 5.75 Å². The van der Waals surface area contributed by atoms with E-state index in [1.165, 1.54) is 17.3 Å². The zero-order valence-electron chi connectivity index (χ0n) is 14.0. The predicted octanol–water partition coefficient (Wildman–Crippen LogP) is 4.71. The van der Waals surface area contributed by atoms with Crippen LogP contribution in [0.2, 0.25) is 0 Å². The summed E-state index contributed by atoms with van der Waals surface area (Å²) < 4.78 is 6.33. The average molecular weight is 370 g/mol. The van der Waals surface area contributed by atoms with Gasteiger partial charge in [0.2, 0.25) is 0 Å². The number of carbonyl (C=O) groups excluding carboxylic acids is 1. The van der Waals surface area contributed by atoms with Crippen LogP contribution in [0.3, 0.4) is 0 Å². The third-order valence-corrected chi connectivity index (χ3v) is 4.95. The van der Waals surface area contributed by atoms with Crippen molar-refractivity contribution in [3.63, 3.8) is 0 Å². The molecule has 128 valence electrons. The van der Waals surface area contributed by atoms with E-state index in [1.54, 1.807) is 0 Å². The molecule has 0 aromatic heterocycles. The van der Waals surface area contributed by atoms with Crippen molar-refractivity contribution in [2.75, 3.05) is 0 Å². The van der Waals surface area contributed by atoms with E-state index >= 15 is 0 Å². The quantitative estimate of drug-likeness (QED) is 0.591. The van der Waals surface area contributed by atoms with Gasteiger partial charge in [0.05, 0.1) is 4.91 Å². The van der Waals surface area contributed by atoms with E-state index in [2.05, 4.69) is 36.5 Å². The summed E-state index contributed by atoms with van der Waals surface area (Å²) in [7, 11) is 0. The Bertz CT molecular complexity index is 795. The fourth-order valence-electron chi connectivity index (χ4n) is 2.49. The number of thiocarbonyl (C=S) groups is 1. The Kier molecular flexibility index (Phi) is 5.89. The lowest BCUT2D eigenvalue weighted by atomic mass is 10.1. The molecule has 1 amide bonds. The van der Waals surface area contributed by atoms with Gasteiger partial charge in [-0.3, -0.25) is 4.79 Å². The fourth-order valence-corrected chi connectivity index (χ4v) is 3.53. The van der Waals surface area contributed by atoms with Crippen LogP contribution in [0, 0.1) is 0 Å². The molecule has 0 bridgehead atoms. The van der Waals surface area contributed by atoms with Gasteiger partial charge in [0.1, 0.15) is 16.7 Å². The summed E-state index contributed by atoms with van der Waals surface area (Å²) in [5.41, 5.74) is 3.45. The molecule has 1 saturated heterocycles. The van der Waals surface area contributed by atoms with Crippen molar-refractivity contribution in [1.29, 1.82) is 0 Å². The zero-order chi connectivity index (χ0) is 17.6. The molecule has 3 rings (SSSR count). The third kappa shape index (κ3) is 4.94. The maximum Gasteiger partial charge on any atom is 0.263 e. The first-order valence-corrected chi connectivity index (χ1v) is 9.42. The molecule has 1 aliphatic rings. The number of rotatable bonds is 6. The Morgan fingerprint density at radius 2 is 1.76 bits per heavy atom. The molecular weight excluding hydrogens is 350 g/mol. The molecule has 2 aromatic rings. The maximum atomic E-state index is 11.7. The van der Waals surface area contributed by atoms with E-state index in [1.807, 2.05) is 30.3 Å². The van der Waals surface area contributed by atoms with Gasteiger partial charge in [-0.2, -0.15) is 0 Å². The average Bonchev–Trinajstić information content (AvgIpc) is 2.93. The molecule has 0 saturated carbocycles. The summed E-state index contributed by atoms with van der Waals surface area (Å²) in [6.07, 6.45) is 4.10. The second-order valence-electron chi connectivity index (χ2n) is 5.78. The first kappa shape index (κ1) is 17.7. The van der Waals surface area contributed by atoms with E-state index in [4.69, 9.17) is 17.0 Å². The summed E-state index contributed by atoms with van der Waals surface area (Å²) in [5.74, 6) is 0.667. The molecule has 1 fully saturated rings. The molecule has 5 heteroatoms. The minimum atomic E-state index is -0.137. The zero-order valence-corrected chi connectivity index (χ0v) is 15.6. The standard InChI is InChI=1S/C20H19NO2S2/c1-2-3-14-4-6-16(7-5-14)13-23-17-10-8-15(9-11-17)12-18-19(22)21-20(24)25-18/h4-12H,2-3,13H2,1H3,(H,21,22,24)/b18-12+. The number of amides is 1. The van der Waals surface area contributed by atoms with Gasteiger partial charge in [-0.05, 0) is 41.3 Å². The summed E-state index contributed by atoms with van der Waals surface area (Å²) in [4.78, 5) is 12.3. The number of hydrogen-bond acceptors (Lipinski definition) is 4. The summed E-state index contributed by atoms with van der Waals surface area (Å²) in [6, 6.07) is 16.2. The lowest BCUT2D eigenvalue weighted by Crippen LogP contribution is -2.17. The number of aryl methyl sites for hydroxylation is 1. The molecule has 1 aliphatic heterocycles. The number of benzene rings is 2. The van der Waals surface area contributed by atoms with E-state index < -0.39 is 0 Å². The van der Waals surface area contributed by atoms with Gasteiger partial charge < -0.3 is 10.1 Å². The molecule has 0 atom stereocenters. The number of carbonyl (C=O) groups is 1. The number of ether oxygens (including phenoxy) is 1. The topological polar surface area (TPSA) is 38.3 Å². The van der Waals surface area contributed by atoms with E-state index in [0.717, 1.165) is 29.7 Å². The molecule has 3 nitrogen and oxygen atoms in total. The maximum absolute atomic E-state index is 11.7. The first-order chi connectivity index (χ1) is 12.1. The normalized spacial score (nSPS) is 15.5. The van der Waals surface area contributed by atoms with Gasteiger partial charge in [0.15, 0.2) is 0 Å². The van der Waals surface area contributed by atoms with Crippen LogP contribution in [0.1, 0.15) is 30.0 Å². The van der Waals surface area contributed by atoms with Crippen LogP contribution in [0.4, 0.5) is 0 Å². The number of thioether (sulfide) groups is 1. The largest absolute Gasteiger partial charge is 0.489 e. The summed E-state index contributed by atoms with van der Waals surface area (Å²) >= 11 is 6.27. The Morgan fingerprint density at radius 1 is 1.08 bits per heavy atom. The van der Waals surface area contributed by atoms with Crippen LogP contribution < -0.4 is 10.1 Å². The summed E-state index contributed by atoms with van der Waals surface area (Å²) in [6.45, 7) is 2.72. The van der Waals surface area contributed by atoms with E-state index in [0.29, 0.717) is 15.8 Å². The van der Waals surface area contributed by atoms with Crippen molar-refractivity contribution in [2.24, 2.45) is 0 Å². The third-order valence-electron chi connectivity index (χ3n) is 3.79. The minimum absolute atomic E-state index is 0.137. The molecule has 1 N–H and O–H groups in total. The SMILES string of the molecule is CCCc1ccc(COc2ccc(/C=C3/SC(=S)NC3=O)cc2)cc1. The van der Waals surface area contributed by atoms with Gasteiger partial charge in [0.25, 0.3) is 5.91 Å². The van der Waals surface area contributed by atoms with Crippen molar-refractivity contribution in [1.82, 2.24) is 5.32 Å². The lowest BCUT2D eigenvalue weighted by Gasteiger charge is -2.07. The predicted molar refractivity (Wildman–Crippen MR) is 108 cm³/mol. The molecule has 25 heavy (non-hydrogen) atoms. The van der Waals surface area contributed by atoms with Crippen molar-refractivity contribution < 1.29 is 9.53 Å². The molecular formula is C20H19NO2S2. The molecule has 0 spiro atoms. The van der Waals surface area contributed by atoms with Crippen molar-refractivity contribution in [3.05, 3.63) is 70.1 Å². The Morgan fingerprint density at radius 3 is 2.36 bits per heavy atom. The van der Waals surface area contributed by atoms with E-state index in [-0.39, 0.29) is 5.91 Å². The Hall–Kier alpha value is -2.11. The van der Waals surface area contributed by atoms with E-state index in [9.17, 15) is 4.79 Å². The second kappa shape index (κ2) is 8.32. The highest BCUT2D eigenvalue weighted by Gasteiger charge is 2.21. The Labute approximate surface area is 157 Å². The van der Waals surface area contributed by atoms with Crippen LogP contribution in [-0.2, 0) is 17.8 Å². The monoisotopic (exact) mass is 369 g/mol. The van der Waals surface area contributed by atoms with Crippen molar-refractivity contribution in [2.45, 2.75) is 26.4 Å². The van der Waals surface area contributed by atoms with Crippen LogP contribution in [0.25, 0.3) is 6.08 Å². The van der Waals surface area contributed by atoms with Crippen LogP contribution >= 0.6 is 24.0 Å². The summed E-state index contributed by atoms with van der Waals surface area (Å²) in [5, 5.41) is 2.61. The van der Waals surface area contributed by atoms with Crippen LogP contribution in [0.15, 0.2) is 53.4 Å². The molecule has 0 aliphatic carbocycles. The van der Waals surface area contributed by atoms with Gasteiger partial charge in [-0.15, -0.1) is 0 Å². The van der Waals surface area contributed by atoms with Gasteiger partial charge in [0, 0.05) is 0 Å². The smallest absolute Gasteiger partial charge is 0.263 e. The fraction of sp³-hybridized carbons (Fsp3) is 0.200. The highest BCUT2D eigenvalue weighted by atomic mass is 32.2. The molecule has 0 unspecified atom stereocenters. The van der Waals surface area contributed by atoms with Crippen LogP contribution in [-0.4, -0.2) is 10.2 Å². The molecule has 2 aromatic carbocycles. The Balaban J connectivity index is 1.58. The minimum Gasteiger partial charge on any atom is -0.489 e. The number of hydrogen-bond donors (Lipinski definition) is 1. The molecule has 1 heterocycles.